The Morgan fingerprint density at radius 1 is 1.02 bits per heavy atom. The molecule has 1 saturated heterocycles. The van der Waals surface area contributed by atoms with Gasteiger partial charge in [-0.2, -0.15) is 0 Å². The third kappa shape index (κ3) is 12.4. The zero-order chi connectivity index (χ0) is 34.2. The van der Waals surface area contributed by atoms with Gasteiger partial charge in [0.05, 0.1) is 46.2 Å². The van der Waals surface area contributed by atoms with E-state index >= 15 is 0 Å². The molecule has 2 heterocycles. The molecule has 5 amide bonds. The number of ether oxygens (including phenoxy) is 5. The summed E-state index contributed by atoms with van der Waals surface area (Å²) in [7, 11) is 0. The van der Waals surface area contributed by atoms with E-state index in [1.165, 1.54) is 9.80 Å². The second-order valence-corrected chi connectivity index (χ2v) is 11.6. The van der Waals surface area contributed by atoms with Crippen molar-refractivity contribution in [1.82, 2.24) is 15.1 Å². The maximum absolute atomic E-state index is 13.0. The fourth-order valence-corrected chi connectivity index (χ4v) is 4.72. The van der Waals surface area contributed by atoms with E-state index in [1.807, 2.05) is 0 Å². The summed E-state index contributed by atoms with van der Waals surface area (Å²) < 4.78 is 27.3. The molecule has 1 fully saturated rings. The third-order valence-corrected chi connectivity index (χ3v) is 6.89. The standard InChI is InChI=1S/C30H43N7O10/c1-30(2,3)47-29(42)36(10-13-44-16-18-45-17-15-43-12-9-32-35-31)11-14-46-20-26(39)33-23-6-4-5-21-22(23)19-37(28(21)41)24-7-8-25(38)34-27(24)40/h4-6,24H,7-20H2,1-3H3,(H,33,39)(H,34,38,40). The summed E-state index contributed by atoms with van der Waals surface area (Å²) in [6.07, 6.45) is -0.168. The van der Waals surface area contributed by atoms with Gasteiger partial charge in [0.15, 0.2) is 0 Å². The van der Waals surface area contributed by atoms with Crippen LogP contribution in [0.1, 0.15) is 49.5 Å². The number of benzene rings is 1. The van der Waals surface area contributed by atoms with Crippen molar-refractivity contribution in [3.63, 3.8) is 0 Å². The molecular formula is C30H43N7O10. The number of nitrogens with zero attached hydrogens (tertiary/aromatic N) is 5. The van der Waals surface area contributed by atoms with Crippen molar-refractivity contribution in [3.05, 3.63) is 39.8 Å². The quantitative estimate of drug-likeness (QED) is 0.0724. The van der Waals surface area contributed by atoms with Crippen LogP contribution in [0, 0.1) is 0 Å². The highest BCUT2D eigenvalue weighted by molar-refractivity contribution is 6.06. The number of hydrogen-bond donors (Lipinski definition) is 2. The van der Waals surface area contributed by atoms with Crippen molar-refractivity contribution in [2.75, 3.05) is 77.8 Å². The molecule has 1 atom stereocenters. The van der Waals surface area contributed by atoms with E-state index in [-0.39, 0.29) is 70.7 Å². The summed E-state index contributed by atoms with van der Waals surface area (Å²) in [6.45, 7) is 7.67. The molecule has 0 radical (unpaired) electrons. The SMILES string of the molecule is CC(C)(C)OC(=O)N(CCOCCOCCOCCN=[N+]=[N-])CCOCC(=O)Nc1cccc2c1CN(C1CCC(=O)NC1=O)C2=O. The lowest BCUT2D eigenvalue weighted by Crippen LogP contribution is -2.52. The smallest absolute Gasteiger partial charge is 0.410 e. The molecule has 0 bridgehead atoms. The van der Waals surface area contributed by atoms with Gasteiger partial charge in [0.1, 0.15) is 18.2 Å². The highest BCUT2D eigenvalue weighted by Gasteiger charge is 2.40. The average molecular weight is 662 g/mol. The molecule has 0 saturated carbocycles. The number of carbonyl (C=O) groups excluding carboxylic acids is 5. The molecule has 1 aromatic rings. The largest absolute Gasteiger partial charge is 0.444 e. The zero-order valence-electron chi connectivity index (χ0n) is 27.0. The van der Waals surface area contributed by atoms with E-state index in [0.717, 1.165) is 0 Å². The number of fused-ring (bicyclic) bond motifs is 1. The van der Waals surface area contributed by atoms with Gasteiger partial charge in [-0.05, 0) is 44.9 Å². The van der Waals surface area contributed by atoms with Crippen molar-refractivity contribution in [3.8, 4) is 0 Å². The van der Waals surface area contributed by atoms with Gasteiger partial charge >= 0.3 is 6.09 Å². The molecular weight excluding hydrogens is 618 g/mol. The molecule has 2 N–H and O–H groups in total. The Morgan fingerprint density at radius 2 is 1.68 bits per heavy atom. The first kappa shape index (κ1) is 37.2. The normalized spacial score (nSPS) is 15.9. The van der Waals surface area contributed by atoms with Crippen molar-refractivity contribution >= 4 is 35.4 Å². The van der Waals surface area contributed by atoms with Crippen LogP contribution in [0.2, 0.25) is 0 Å². The molecule has 17 nitrogen and oxygen atoms in total. The second kappa shape index (κ2) is 18.8. The van der Waals surface area contributed by atoms with Crippen LogP contribution < -0.4 is 10.6 Å². The molecule has 2 aliphatic heterocycles. The van der Waals surface area contributed by atoms with Crippen LogP contribution in [0.5, 0.6) is 0 Å². The van der Waals surface area contributed by atoms with Gasteiger partial charge in [0.25, 0.3) is 5.91 Å². The van der Waals surface area contributed by atoms with Gasteiger partial charge in [-0.15, -0.1) is 0 Å². The Balaban J connectivity index is 1.40. The maximum Gasteiger partial charge on any atom is 0.410 e. The molecule has 2 aliphatic rings. The number of rotatable bonds is 19. The topological polar surface area (TPSA) is 211 Å². The van der Waals surface area contributed by atoms with Crippen LogP contribution in [0.3, 0.4) is 0 Å². The summed E-state index contributed by atoms with van der Waals surface area (Å²) in [6, 6.07) is 4.17. The number of piperidine rings is 1. The van der Waals surface area contributed by atoms with Crippen LogP contribution in [0.4, 0.5) is 10.5 Å². The molecule has 0 aliphatic carbocycles. The minimum absolute atomic E-state index is 0.0458. The maximum atomic E-state index is 13.0. The molecule has 3 rings (SSSR count). The molecule has 0 spiro atoms. The van der Waals surface area contributed by atoms with E-state index in [9.17, 15) is 24.0 Å². The van der Waals surface area contributed by atoms with E-state index in [0.29, 0.717) is 49.8 Å². The third-order valence-electron chi connectivity index (χ3n) is 6.89. The van der Waals surface area contributed by atoms with E-state index in [2.05, 4.69) is 20.7 Å². The molecule has 1 unspecified atom stereocenters. The highest BCUT2D eigenvalue weighted by Crippen LogP contribution is 2.32. The Hall–Kier alpha value is -4.28. The highest BCUT2D eigenvalue weighted by atomic mass is 16.6. The van der Waals surface area contributed by atoms with Gasteiger partial charge < -0.3 is 38.8 Å². The van der Waals surface area contributed by atoms with Crippen LogP contribution >= 0.6 is 0 Å². The predicted molar refractivity (Wildman–Crippen MR) is 166 cm³/mol. The fourth-order valence-electron chi connectivity index (χ4n) is 4.72. The molecule has 17 heteroatoms. The van der Waals surface area contributed by atoms with E-state index < -0.39 is 29.6 Å². The fraction of sp³-hybridized carbons (Fsp3) is 0.633. The van der Waals surface area contributed by atoms with E-state index in [4.69, 9.17) is 29.2 Å². The Labute approximate surface area is 272 Å². The average Bonchev–Trinajstić information content (AvgIpc) is 3.34. The monoisotopic (exact) mass is 661 g/mol. The number of amides is 5. The molecule has 0 aromatic heterocycles. The number of nitrogens with one attached hydrogen (secondary N) is 2. The summed E-state index contributed by atoms with van der Waals surface area (Å²) in [5, 5.41) is 8.40. The minimum Gasteiger partial charge on any atom is -0.444 e. The first-order valence-electron chi connectivity index (χ1n) is 15.4. The predicted octanol–water partition coefficient (Wildman–Crippen LogP) is 2.00. The Morgan fingerprint density at radius 3 is 2.34 bits per heavy atom. The van der Waals surface area contributed by atoms with Crippen molar-refractivity contribution in [2.45, 2.75) is 51.8 Å². The van der Waals surface area contributed by atoms with Gasteiger partial charge in [-0.1, -0.05) is 11.2 Å². The van der Waals surface area contributed by atoms with Crippen LogP contribution in [-0.2, 0) is 44.6 Å². The van der Waals surface area contributed by atoms with Crippen LogP contribution in [0.25, 0.3) is 10.4 Å². The number of carbonyl (C=O) groups is 5. The first-order valence-corrected chi connectivity index (χ1v) is 15.4. The lowest BCUT2D eigenvalue weighted by Gasteiger charge is -2.29. The summed E-state index contributed by atoms with van der Waals surface area (Å²) in [5.41, 5.74) is 8.88. The lowest BCUT2D eigenvalue weighted by atomic mass is 10.0. The summed E-state index contributed by atoms with van der Waals surface area (Å²) in [4.78, 5) is 67.9. The van der Waals surface area contributed by atoms with Crippen molar-refractivity contribution in [2.24, 2.45) is 5.11 Å². The van der Waals surface area contributed by atoms with Gasteiger partial charge in [0, 0.05) is 54.3 Å². The zero-order valence-corrected chi connectivity index (χ0v) is 27.0. The van der Waals surface area contributed by atoms with Gasteiger partial charge in [0.2, 0.25) is 17.7 Å². The van der Waals surface area contributed by atoms with E-state index in [1.54, 1.807) is 39.0 Å². The van der Waals surface area contributed by atoms with Gasteiger partial charge in [-0.25, -0.2) is 4.79 Å². The minimum atomic E-state index is -0.764. The molecule has 1 aromatic carbocycles. The lowest BCUT2D eigenvalue weighted by molar-refractivity contribution is -0.137. The molecule has 47 heavy (non-hydrogen) atoms. The number of hydrogen-bond acceptors (Lipinski definition) is 11. The number of anilines is 1. The Bertz CT molecular complexity index is 1310. The Kier molecular flexibility index (Phi) is 14.8. The summed E-state index contributed by atoms with van der Waals surface area (Å²) in [5.74, 6) is -1.68. The van der Waals surface area contributed by atoms with Crippen LogP contribution in [0.15, 0.2) is 23.3 Å². The molecule has 258 valence electrons. The second-order valence-electron chi connectivity index (χ2n) is 11.6. The van der Waals surface area contributed by atoms with Gasteiger partial charge in [-0.3, -0.25) is 24.5 Å². The number of azide groups is 1. The first-order chi connectivity index (χ1) is 22.5. The van der Waals surface area contributed by atoms with Crippen LogP contribution in [-0.4, -0.2) is 124 Å². The number of imide groups is 1. The van der Waals surface area contributed by atoms with Crippen molar-refractivity contribution < 1.29 is 47.7 Å². The summed E-state index contributed by atoms with van der Waals surface area (Å²) >= 11 is 0. The van der Waals surface area contributed by atoms with Crippen molar-refractivity contribution in [1.29, 1.82) is 0 Å².